The van der Waals surface area contributed by atoms with E-state index in [0.717, 1.165) is 13.1 Å². The van der Waals surface area contributed by atoms with Crippen molar-refractivity contribution in [2.24, 2.45) is 0 Å². The summed E-state index contributed by atoms with van der Waals surface area (Å²) in [5.41, 5.74) is 0.697. The average Bonchev–Trinajstić information content (AvgIpc) is 2.62. The van der Waals surface area contributed by atoms with E-state index in [9.17, 15) is 4.79 Å². The first-order valence-corrected chi connectivity index (χ1v) is 5.42. The molecule has 2 rings (SSSR count). The molecular formula is C11H16N2O2. The van der Waals surface area contributed by atoms with Crippen molar-refractivity contribution in [3.8, 4) is 0 Å². The van der Waals surface area contributed by atoms with E-state index in [-0.39, 0.29) is 5.78 Å². The number of hydrogen-bond acceptors (Lipinski definition) is 4. The average molecular weight is 208 g/mol. The van der Waals surface area contributed by atoms with Gasteiger partial charge in [0.2, 0.25) is 0 Å². The van der Waals surface area contributed by atoms with E-state index in [4.69, 9.17) is 4.42 Å². The molecule has 1 saturated heterocycles. The standard InChI is InChI=1S/C11H16N2O2/c1-8-10(9(2)14)15-11(12-8)13-6-4-3-5-7-13/h3-7H2,1-2H3. The summed E-state index contributed by atoms with van der Waals surface area (Å²) in [6.07, 6.45) is 3.63. The lowest BCUT2D eigenvalue weighted by atomic mass is 10.1. The van der Waals surface area contributed by atoms with E-state index in [2.05, 4.69) is 9.88 Å². The number of ketones is 1. The molecule has 0 spiro atoms. The Morgan fingerprint density at radius 3 is 2.53 bits per heavy atom. The molecular weight excluding hydrogens is 192 g/mol. The number of aryl methyl sites for hydroxylation is 1. The van der Waals surface area contributed by atoms with Crippen molar-refractivity contribution >= 4 is 11.8 Å². The summed E-state index contributed by atoms with van der Waals surface area (Å²) >= 11 is 0. The summed E-state index contributed by atoms with van der Waals surface area (Å²) in [7, 11) is 0. The number of carbonyl (C=O) groups excluding carboxylic acids is 1. The highest BCUT2D eigenvalue weighted by molar-refractivity contribution is 5.92. The van der Waals surface area contributed by atoms with Crippen molar-refractivity contribution in [3.63, 3.8) is 0 Å². The van der Waals surface area contributed by atoms with Crippen LogP contribution in [0.25, 0.3) is 0 Å². The summed E-state index contributed by atoms with van der Waals surface area (Å²) in [6, 6.07) is 0.609. The van der Waals surface area contributed by atoms with Gasteiger partial charge in [0, 0.05) is 20.0 Å². The number of aromatic nitrogens is 1. The van der Waals surface area contributed by atoms with Crippen LogP contribution in [0.5, 0.6) is 0 Å². The number of Topliss-reactive ketones (excluding diaryl/α,β-unsaturated/α-hetero) is 1. The number of rotatable bonds is 2. The van der Waals surface area contributed by atoms with Crippen LogP contribution in [0.3, 0.4) is 0 Å². The first kappa shape index (κ1) is 10.2. The highest BCUT2D eigenvalue weighted by Gasteiger charge is 2.19. The van der Waals surface area contributed by atoms with E-state index < -0.39 is 0 Å². The maximum atomic E-state index is 11.2. The molecule has 0 bridgehead atoms. The van der Waals surface area contributed by atoms with E-state index >= 15 is 0 Å². The first-order valence-electron chi connectivity index (χ1n) is 5.42. The third-order valence-electron chi connectivity index (χ3n) is 2.73. The molecule has 0 atom stereocenters. The Hall–Kier alpha value is -1.32. The number of hydrogen-bond donors (Lipinski definition) is 0. The molecule has 4 heteroatoms. The Labute approximate surface area is 89.3 Å². The lowest BCUT2D eigenvalue weighted by molar-refractivity contribution is 0.0987. The van der Waals surface area contributed by atoms with Crippen LogP contribution < -0.4 is 4.90 Å². The molecule has 15 heavy (non-hydrogen) atoms. The van der Waals surface area contributed by atoms with Crippen LogP contribution in [-0.4, -0.2) is 23.9 Å². The summed E-state index contributed by atoms with van der Waals surface area (Å²) in [6.45, 7) is 5.29. The van der Waals surface area contributed by atoms with E-state index in [1.54, 1.807) is 0 Å². The van der Waals surface area contributed by atoms with Crippen LogP contribution in [0, 0.1) is 6.92 Å². The van der Waals surface area contributed by atoms with Gasteiger partial charge in [0.15, 0.2) is 11.5 Å². The van der Waals surface area contributed by atoms with Gasteiger partial charge >= 0.3 is 0 Å². The number of anilines is 1. The van der Waals surface area contributed by atoms with Gasteiger partial charge in [-0.05, 0) is 26.2 Å². The molecule has 82 valence electrons. The topological polar surface area (TPSA) is 46.3 Å². The van der Waals surface area contributed by atoms with Gasteiger partial charge in [0.25, 0.3) is 6.01 Å². The van der Waals surface area contributed by atoms with E-state index in [0.29, 0.717) is 17.5 Å². The largest absolute Gasteiger partial charge is 0.420 e. The Bertz CT molecular complexity index is 365. The van der Waals surface area contributed by atoms with Crippen molar-refractivity contribution in [3.05, 3.63) is 11.5 Å². The smallest absolute Gasteiger partial charge is 0.298 e. The number of oxazole rings is 1. The first-order chi connectivity index (χ1) is 7.18. The third kappa shape index (κ3) is 2.03. The zero-order chi connectivity index (χ0) is 10.8. The third-order valence-corrected chi connectivity index (χ3v) is 2.73. The molecule has 4 nitrogen and oxygen atoms in total. The maximum absolute atomic E-state index is 11.2. The fourth-order valence-corrected chi connectivity index (χ4v) is 1.93. The molecule has 0 amide bonds. The lowest BCUT2D eigenvalue weighted by Crippen LogP contribution is -2.29. The molecule has 0 aliphatic carbocycles. The summed E-state index contributed by atoms with van der Waals surface area (Å²) in [5, 5.41) is 0. The van der Waals surface area contributed by atoms with Crippen molar-refractivity contribution in [1.29, 1.82) is 0 Å². The fraction of sp³-hybridized carbons (Fsp3) is 0.636. The van der Waals surface area contributed by atoms with Gasteiger partial charge in [0.1, 0.15) is 0 Å². The number of piperidine rings is 1. The normalized spacial score (nSPS) is 16.8. The maximum Gasteiger partial charge on any atom is 0.298 e. The van der Waals surface area contributed by atoms with Crippen molar-refractivity contribution in [2.75, 3.05) is 18.0 Å². The van der Waals surface area contributed by atoms with Gasteiger partial charge in [0.05, 0.1) is 5.69 Å². The summed E-state index contributed by atoms with van der Waals surface area (Å²) < 4.78 is 5.48. The van der Waals surface area contributed by atoms with Crippen LogP contribution in [0.2, 0.25) is 0 Å². The summed E-state index contributed by atoms with van der Waals surface area (Å²) in [5.74, 6) is 0.346. The molecule has 1 fully saturated rings. The molecule has 1 aliphatic heterocycles. The second-order valence-electron chi connectivity index (χ2n) is 4.01. The van der Waals surface area contributed by atoms with Gasteiger partial charge in [-0.15, -0.1) is 0 Å². The predicted molar refractivity (Wildman–Crippen MR) is 57.3 cm³/mol. The summed E-state index contributed by atoms with van der Waals surface area (Å²) in [4.78, 5) is 17.6. The van der Waals surface area contributed by atoms with Crippen LogP contribution in [0.1, 0.15) is 42.4 Å². The van der Waals surface area contributed by atoms with Crippen LogP contribution >= 0.6 is 0 Å². The molecule has 1 aromatic heterocycles. The van der Waals surface area contributed by atoms with Gasteiger partial charge in [-0.1, -0.05) is 0 Å². The molecule has 1 aliphatic rings. The van der Waals surface area contributed by atoms with Gasteiger partial charge < -0.3 is 9.32 Å². The van der Waals surface area contributed by atoms with Crippen LogP contribution in [-0.2, 0) is 0 Å². The Balaban J connectivity index is 2.21. The number of carbonyl (C=O) groups is 1. The molecule has 0 radical (unpaired) electrons. The van der Waals surface area contributed by atoms with Gasteiger partial charge in [-0.25, -0.2) is 0 Å². The SMILES string of the molecule is CC(=O)c1oc(N2CCCCC2)nc1C. The Morgan fingerprint density at radius 2 is 2.00 bits per heavy atom. The van der Waals surface area contributed by atoms with E-state index in [1.165, 1.54) is 26.2 Å². The molecule has 0 unspecified atom stereocenters. The highest BCUT2D eigenvalue weighted by atomic mass is 16.4. The molecule has 2 heterocycles. The van der Waals surface area contributed by atoms with Crippen molar-refractivity contribution < 1.29 is 9.21 Å². The predicted octanol–water partition coefficient (Wildman–Crippen LogP) is 2.18. The lowest BCUT2D eigenvalue weighted by Gasteiger charge is -2.24. The molecule has 1 aromatic rings. The second-order valence-corrected chi connectivity index (χ2v) is 4.01. The number of nitrogens with zero attached hydrogens (tertiary/aromatic N) is 2. The van der Waals surface area contributed by atoms with Crippen LogP contribution in [0.4, 0.5) is 6.01 Å². The van der Waals surface area contributed by atoms with Crippen LogP contribution in [0.15, 0.2) is 4.42 Å². The fourth-order valence-electron chi connectivity index (χ4n) is 1.93. The molecule has 0 N–H and O–H groups in total. The zero-order valence-corrected chi connectivity index (χ0v) is 9.25. The zero-order valence-electron chi connectivity index (χ0n) is 9.25. The van der Waals surface area contributed by atoms with E-state index in [1.807, 2.05) is 6.92 Å². The van der Waals surface area contributed by atoms with Gasteiger partial charge in [-0.2, -0.15) is 4.98 Å². The van der Waals surface area contributed by atoms with Crippen molar-refractivity contribution in [1.82, 2.24) is 4.98 Å². The minimum atomic E-state index is -0.0525. The molecule has 0 aromatic carbocycles. The quantitative estimate of drug-likeness (QED) is 0.699. The minimum Gasteiger partial charge on any atom is -0.420 e. The second kappa shape index (κ2) is 4.04. The Kier molecular flexibility index (Phi) is 2.75. The minimum absolute atomic E-state index is 0.0525. The molecule has 0 saturated carbocycles. The Morgan fingerprint density at radius 1 is 1.33 bits per heavy atom. The highest BCUT2D eigenvalue weighted by Crippen LogP contribution is 2.22. The van der Waals surface area contributed by atoms with Gasteiger partial charge in [-0.3, -0.25) is 4.79 Å². The van der Waals surface area contributed by atoms with Crippen molar-refractivity contribution in [2.45, 2.75) is 33.1 Å². The monoisotopic (exact) mass is 208 g/mol.